The predicted molar refractivity (Wildman–Crippen MR) is 105 cm³/mol. The topological polar surface area (TPSA) is 48.4 Å². The van der Waals surface area contributed by atoms with Crippen molar-refractivity contribution in [2.75, 3.05) is 49.1 Å². The van der Waals surface area contributed by atoms with Crippen LogP contribution >= 0.6 is 11.6 Å². The molecule has 2 aromatic rings. The lowest BCUT2D eigenvalue weighted by molar-refractivity contribution is 0.246. The first-order valence-corrected chi connectivity index (χ1v) is 9.80. The van der Waals surface area contributed by atoms with Crippen LogP contribution in [0.4, 0.5) is 11.6 Å². The number of anilines is 2. The Balaban J connectivity index is 1.35. The molecule has 4 heterocycles. The lowest BCUT2D eigenvalue weighted by atomic mass is 10.1. The molecule has 2 saturated heterocycles. The van der Waals surface area contributed by atoms with Crippen LogP contribution in [0.25, 0.3) is 0 Å². The maximum atomic E-state index is 5.91. The first-order valence-electron chi connectivity index (χ1n) is 9.43. The molecule has 2 fully saturated rings. The standard InChI is InChI=1S/C19H25ClN6/c20-16-4-5-17(21-13-16)14-24-8-10-26(11-9-24)19-12-18(22-15-23-19)25-6-2-1-3-7-25/h4-5,12-13,15H,1-3,6-11,14H2. The fourth-order valence-electron chi connectivity index (χ4n) is 3.67. The monoisotopic (exact) mass is 372 g/mol. The van der Waals surface area contributed by atoms with Crippen LogP contribution < -0.4 is 9.80 Å². The highest BCUT2D eigenvalue weighted by Crippen LogP contribution is 2.22. The number of nitrogens with zero attached hydrogens (tertiary/aromatic N) is 6. The van der Waals surface area contributed by atoms with Crippen molar-refractivity contribution in [3.05, 3.63) is 41.4 Å². The summed E-state index contributed by atoms with van der Waals surface area (Å²) in [6, 6.07) is 6.06. The molecule has 0 bridgehead atoms. The largest absolute Gasteiger partial charge is 0.356 e. The van der Waals surface area contributed by atoms with Gasteiger partial charge >= 0.3 is 0 Å². The number of rotatable bonds is 4. The summed E-state index contributed by atoms with van der Waals surface area (Å²) in [4.78, 5) is 20.6. The fraction of sp³-hybridized carbons (Fsp3) is 0.526. The molecule has 6 nitrogen and oxygen atoms in total. The molecule has 2 aliphatic heterocycles. The number of hydrogen-bond acceptors (Lipinski definition) is 6. The lowest BCUT2D eigenvalue weighted by Crippen LogP contribution is -2.46. The van der Waals surface area contributed by atoms with Gasteiger partial charge in [0.25, 0.3) is 0 Å². The molecular formula is C19H25ClN6. The van der Waals surface area contributed by atoms with E-state index in [1.807, 2.05) is 12.1 Å². The van der Waals surface area contributed by atoms with E-state index in [2.05, 4.69) is 35.7 Å². The average Bonchev–Trinajstić information content (AvgIpc) is 2.71. The van der Waals surface area contributed by atoms with Gasteiger partial charge in [-0.15, -0.1) is 0 Å². The third kappa shape index (κ3) is 4.24. The Morgan fingerprint density at radius 2 is 1.50 bits per heavy atom. The van der Waals surface area contributed by atoms with Crippen molar-refractivity contribution in [1.29, 1.82) is 0 Å². The summed E-state index contributed by atoms with van der Waals surface area (Å²) in [5.74, 6) is 2.12. The Bertz CT molecular complexity index is 708. The molecule has 0 spiro atoms. The Hall–Kier alpha value is -1.92. The molecular weight excluding hydrogens is 348 g/mol. The molecule has 0 aliphatic carbocycles. The minimum atomic E-state index is 0.687. The van der Waals surface area contributed by atoms with E-state index in [0.717, 1.165) is 63.1 Å². The Morgan fingerprint density at radius 1 is 0.808 bits per heavy atom. The van der Waals surface area contributed by atoms with Gasteiger partial charge in [-0.25, -0.2) is 9.97 Å². The zero-order chi connectivity index (χ0) is 17.8. The van der Waals surface area contributed by atoms with Gasteiger partial charge in [-0.1, -0.05) is 11.6 Å². The summed E-state index contributed by atoms with van der Waals surface area (Å²) in [5.41, 5.74) is 1.07. The number of pyridine rings is 1. The second kappa shape index (κ2) is 8.18. The molecule has 4 rings (SSSR count). The quantitative estimate of drug-likeness (QED) is 0.822. The van der Waals surface area contributed by atoms with Gasteiger partial charge in [0.05, 0.1) is 10.7 Å². The van der Waals surface area contributed by atoms with Gasteiger partial charge in [0, 0.05) is 58.1 Å². The summed E-state index contributed by atoms with van der Waals surface area (Å²) in [6.45, 7) is 7.05. The Morgan fingerprint density at radius 3 is 2.15 bits per heavy atom. The Labute approximate surface area is 159 Å². The van der Waals surface area contributed by atoms with Crippen LogP contribution in [0.5, 0.6) is 0 Å². The average molecular weight is 373 g/mol. The van der Waals surface area contributed by atoms with Gasteiger partial charge in [0.2, 0.25) is 0 Å². The van der Waals surface area contributed by atoms with Gasteiger partial charge < -0.3 is 9.80 Å². The van der Waals surface area contributed by atoms with Gasteiger partial charge in [-0.3, -0.25) is 9.88 Å². The molecule has 7 heteroatoms. The van der Waals surface area contributed by atoms with Crippen LogP contribution in [0.1, 0.15) is 25.0 Å². The summed E-state index contributed by atoms with van der Waals surface area (Å²) >= 11 is 5.91. The van der Waals surface area contributed by atoms with E-state index in [4.69, 9.17) is 11.6 Å². The lowest BCUT2D eigenvalue weighted by Gasteiger charge is -2.35. The van der Waals surface area contributed by atoms with Gasteiger partial charge in [-0.05, 0) is 31.4 Å². The zero-order valence-corrected chi connectivity index (χ0v) is 15.8. The maximum absolute atomic E-state index is 5.91. The first-order chi connectivity index (χ1) is 12.8. The van der Waals surface area contributed by atoms with E-state index >= 15 is 0 Å². The maximum Gasteiger partial charge on any atom is 0.134 e. The molecule has 0 atom stereocenters. The van der Waals surface area contributed by atoms with Crippen LogP contribution in [-0.4, -0.2) is 59.1 Å². The smallest absolute Gasteiger partial charge is 0.134 e. The molecule has 0 unspecified atom stereocenters. The van der Waals surface area contributed by atoms with Crippen LogP contribution in [0.15, 0.2) is 30.7 Å². The van der Waals surface area contributed by atoms with Crippen molar-refractivity contribution in [3.63, 3.8) is 0 Å². The van der Waals surface area contributed by atoms with Gasteiger partial charge in [0.15, 0.2) is 0 Å². The second-order valence-electron chi connectivity index (χ2n) is 7.01. The van der Waals surface area contributed by atoms with E-state index < -0.39 is 0 Å². The van der Waals surface area contributed by atoms with Crippen molar-refractivity contribution in [2.45, 2.75) is 25.8 Å². The van der Waals surface area contributed by atoms with Crippen molar-refractivity contribution < 1.29 is 0 Å². The number of piperidine rings is 1. The minimum Gasteiger partial charge on any atom is -0.356 e. The third-order valence-corrected chi connectivity index (χ3v) is 5.41. The molecule has 0 saturated carbocycles. The van der Waals surface area contributed by atoms with E-state index in [-0.39, 0.29) is 0 Å². The van der Waals surface area contributed by atoms with Crippen molar-refractivity contribution in [3.8, 4) is 0 Å². The summed E-state index contributed by atoms with van der Waals surface area (Å²) in [6.07, 6.45) is 7.28. The summed E-state index contributed by atoms with van der Waals surface area (Å²) in [7, 11) is 0. The molecule has 2 aliphatic rings. The molecule has 2 aromatic heterocycles. The molecule has 138 valence electrons. The highest BCUT2D eigenvalue weighted by molar-refractivity contribution is 6.30. The first kappa shape index (κ1) is 17.5. The SMILES string of the molecule is Clc1ccc(CN2CCN(c3cc(N4CCCCC4)ncn3)CC2)nc1. The fourth-order valence-corrected chi connectivity index (χ4v) is 3.78. The molecule has 0 N–H and O–H groups in total. The summed E-state index contributed by atoms with van der Waals surface area (Å²) in [5, 5.41) is 0.687. The van der Waals surface area contributed by atoms with Crippen molar-refractivity contribution in [1.82, 2.24) is 19.9 Å². The number of hydrogen-bond donors (Lipinski definition) is 0. The number of aromatic nitrogens is 3. The van der Waals surface area contributed by atoms with Crippen LogP contribution in [-0.2, 0) is 6.54 Å². The predicted octanol–water partition coefficient (Wildman–Crippen LogP) is 2.84. The summed E-state index contributed by atoms with van der Waals surface area (Å²) < 4.78 is 0. The number of halogens is 1. The van der Waals surface area contributed by atoms with Crippen LogP contribution in [0, 0.1) is 0 Å². The molecule has 0 radical (unpaired) electrons. The van der Waals surface area contributed by atoms with Gasteiger partial charge in [0.1, 0.15) is 18.0 Å². The highest BCUT2D eigenvalue weighted by Gasteiger charge is 2.20. The van der Waals surface area contributed by atoms with Crippen molar-refractivity contribution in [2.24, 2.45) is 0 Å². The van der Waals surface area contributed by atoms with Gasteiger partial charge in [-0.2, -0.15) is 0 Å². The Kier molecular flexibility index (Phi) is 5.51. The van der Waals surface area contributed by atoms with Crippen molar-refractivity contribution >= 4 is 23.2 Å². The van der Waals surface area contributed by atoms with E-state index in [9.17, 15) is 0 Å². The van der Waals surface area contributed by atoms with E-state index in [0.29, 0.717) is 5.02 Å². The number of piperazine rings is 1. The third-order valence-electron chi connectivity index (χ3n) is 5.19. The second-order valence-corrected chi connectivity index (χ2v) is 7.45. The molecule has 26 heavy (non-hydrogen) atoms. The molecule has 0 amide bonds. The van der Waals surface area contributed by atoms with Crippen LogP contribution in [0.2, 0.25) is 5.02 Å². The highest BCUT2D eigenvalue weighted by atomic mass is 35.5. The van der Waals surface area contributed by atoms with E-state index in [1.165, 1.54) is 19.3 Å². The zero-order valence-electron chi connectivity index (χ0n) is 15.0. The van der Waals surface area contributed by atoms with Crippen LogP contribution in [0.3, 0.4) is 0 Å². The molecule has 0 aromatic carbocycles. The normalized spacial score (nSPS) is 19.0. The van der Waals surface area contributed by atoms with E-state index in [1.54, 1.807) is 12.5 Å². The minimum absolute atomic E-state index is 0.687.